The standard InChI is InChI=1S/C12H14FNO2S/c1-8-7-14(5-6-17-8)11-9(12(15)16)3-2-4-10(11)13/h2-4,8H,5-7H2,1H3,(H,15,16). The zero-order valence-corrected chi connectivity index (χ0v) is 10.3. The van der Waals surface area contributed by atoms with Crippen molar-refractivity contribution in [1.29, 1.82) is 0 Å². The normalized spacial score (nSPS) is 20.4. The average molecular weight is 255 g/mol. The predicted molar refractivity (Wildman–Crippen MR) is 67.5 cm³/mol. The first-order valence-corrected chi connectivity index (χ1v) is 6.53. The summed E-state index contributed by atoms with van der Waals surface area (Å²) < 4.78 is 13.8. The van der Waals surface area contributed by atoms with Crippen molar-refractivity contribution in [3.63, 3.8) is 0 Å². The Morgan fingerprint density at radius 2 is 2.35 bits per heavy atom. The van der Waals surface area contributed by atoms with E-state index in [0.717, 1.165) is 5.75 Å². The number of nitrogens with zero attached hydrogens (tertiary/aromatic N) is 1. The van der Waals surface area contributed by atoms with Gasteiger partial charge in [0.1, 0.15) is 5.82 Å². The van der Waals surface area contributed by atoms with Gasteiger partial charge in [-0.2, -0.15) is 11.8 Å². The van der Waals surface area contributed by atoms with Crippen molar-refractivity contribution in [2.75, 3.05) is 23.7 Å². The summed E-state index contributed by atoms with van der Waals surface area (Å²) in [6, 6.07) is 4.20. The zero-order chi connectivity index (χ0) is 12.4. The van der Waals surface area contributed by atoms with Gasteiger partial charge in [0.25, 0.3) is 0 Å². The quantitative estimate of drug-likeness (QED) is 0.881. The second-order valence-corrected chi connectivity index (χ2v) is 5.61. The topological polar surface area (TPSA) is 40.5 Å². The lowest BCUT2D eigenvalue weighted by atomic mass is 10.1. The maximum atomic E-state index is 13.8. The summed E-state index contributed by atoms with van der Waals surface area (Å²) in [6.07, 6.45) is 0. The number of carbonyl (C=O) groups is 1. The third-order valence-corrected chi connectivity index (χ3v) is 3.91. The van der Waals surface area contributed by atoms with Gasteiger partial charge in [0.15, 0.2) is 0 Å². The first-order valence-electron chi connectivity index (χ1n) is 5.48. The van der Waals surface area contributed by atoms with Crippen molar-refractivity contribution in [2.24, 2.45) is 0 Å². The molecule has 92 valence electrons. The Bertz CT molecular complexity index is 439. The minimum Gasteiger partial charge on any atom is -0.478 e. The fourth-order valence-corrected chi connectivity index (χ4v) is 3.04. The molecule has 0 spiro atoms. The third kappa shape index (κ3) is 2.54. The second kappa shape index (κ2) is 4.96. The van der Waals surface area contributed by atoms with Gasteiger partial charge < -0.3 is 10.0 Å². The smallest absolute Gasteiger partial charge is 0.337 e. The molecule has 1 N–H and O–H groups in total. The minimum atomic E-state index is -1.08. The summed E-state index contributed by atoms with van der Waals surface area (Å²) in [5.41, 5.74) is 0.274. The van der Waals surface area contributed by atoms with E-state index in [2.05, 4.69) is 6.92 Å². The van der Waals surface area contributed by atoms with Crippen LogP contribution in [-0.4, -0.2) is 35.2 Å². The molecule has 1 saturated heterocycles. The predicted octanol–water partition coefficient (Wildman–Crippen LogP) is 2.47. The van der Waals surface area contributed by atoms with Crippen LogP contribution < -0.4 is 4.90 Å². The minimum absolute atomic E-state index is 0.0455. The van der Waals surface area contributed by atoms with E-state index < -0.39 is 11.8 Å². The van der Waals surface area contributed by atoms with E-state index in [0.29, 0.717) is 18.3 Å². The van der Waals surface area contributed by atoms with Gasteiger partial charge in [0.2, 0.25) is 0 Å². The number of benzene rings is 1. The van der Waals surface area contributed by atoms with Crippen LogP contribution in [0.1, 0.15) is 17.3 Å². The first kappa shape index (κ1) is 12.2. The van der Waals surface area contributed by atoms with E-state index >= 15 is 0 Å². The first-order chi connectivity index (χ1) is 8.09. The van der Waals surface area contributed by atoms with Crippen molar-refractivity contribution in [3.05, 3.63) is 29.6 Å². The van der Waals surface area contributed by atoms with Crippen molar-refractivity contribution in [3.8, 4) is 0 Å². The summed E-state index contributed by atoms with van der Waals surface area (Å²) in [7, 11) is 0. The Balaban J connectivity index is 2.39. The number of hydrogen-bond acceptors (Lipinski definition) is 3. The Morgan fingerprint density at radius 3 is 3.00 bits per heavy atom. The molecule has 0 bridgehead atoms. The third-order valence-electron chi connectivity index (χ3n) is 2.77. The molecule has 1 aliphatic heterocycles. The van der Waals surface area contributed by atoms with E-state index in [1.165, 1.54) is 18.2 Å². The number of aromatic carboxylic acids is 1. The van der Waals surface area contributed by atoms with Crippen LogP contribution in [0.2, 0.25) is 0 Å². The summed E-state index contributed by atoms with van der Waals surface area (Å²) in [5, 5.41) is 9.48. The fourth-order valence-electron chi connectivity index (χ4n) is 2.03. The van der Waals surface area contributed by atoms with E-state index in [9.17, 15) is 9.18 Å². The van der Waals surface area contributed by atoms with E-state index in [4.69, 9.17) is 5.11 Å². The Kier molecular flexibility index (Phi) is 3.57. The van der Waals surface area contributed by atoms with Crippen LogP contribution in [0.25, 0.3) is 0 Å². The van der Waals surface area contributed by atoms with Crippen molar-refractivity contribution in [2.45, 2.75) is 12.2 Å². The van der Waals surface area contributed by atoms with E-state index in [1.807, 2.05) is 16.7 Å². The molecule has 0 amide bonds. The van der Waals surface area contributed by atoms with Crippen molar-refractivity contribution < 1.29 is 14.3 Å². The largest absolute Gasteiger partial charge is 0.478 e. The monoisotopic (exact) mass is 255 g/mol. The van der Waals surface area contributed by atoms with Crippen LogP contribution in [0.3, 0.4) is 0 Å². The highest BCUT2D eigenvalue weighted by Crippen LogP contribution is 2.29. The van der Waals surface area contributed by atoms with E-state index in [-0.39, 0.29) is 11.3 Å². The van der Waals surface area contributed by atoms with Crippen LogP contribution in [-0.2, 0) is 0 Å². The molecule has 5 heteroatoms. The van der Waals surface area contributed by atoms with Gasteiger partial charge in [-0.25, -0.2) is 9.18 Å². The Hall–Kier alpha value is -1.23. The van der Waals surface area contributed by atoms with Gasteiger partial charge in [-0.3, -0.25) is 0 Å². The van der Waals surface area contributed by atoms with Crippen molar-refractivity contribution in [1.82, 2.24) is 0 Å². The number of hydrogen-bond donors (Lipinski definition) is 1. The molecule has 2 rings (SSSR count). The van der Waals surface area contributed by atoms with Gasteiger partial charge in [-0.1, -0.05) is 13.0 Å². The van der Waals surface area contributed by atoms with E-state index in [1.54, 1.807) is 0 Å². The Morgan fingerprint density at radius 1 is 1.59 bits per heavy atom. The molecular formula is C12H14FNO2S. The van der Waals surface area contributed by atoms with Gasteiger partial charge >= 0.3 is 5.97 Å². The molecule has 0 aliphatic carbocycles. The maximum absolute atomic E-state index is 13.8. The summed E-state index contributed by atoms with van der Waals surface area (Å²) in [6.45, 7) is 3.44. The van der Waals surface area contributed by atoms with Crippen molar-refractivity contribution >= 4 is 23.4 Å². The number of anilines is 1. The number of para-hydroxylation sites is 1. The van der Waals surface area contributed by atoms with Crippen LogP contribution >= 0.6 is 11.8 Å². The lowest BCUT2D eigenvalue weighted by molar-refractivity contribution is 0.0697. The van der Waals surface area contributed by atoms with Gasteiger partial charge in [-0.05, 0) is 12.1 Å². The van der Waals surface area contributed by atoms with Crippen LogP contribution in [0.15, 0.2) is 18.2 Å². The van der Waals surface area contributed by atoms with Gasteiger partial charge in [0.05, 0.1) is 11.3 Å². The Labute approximate surface area is 104 Å². The molecule has 1 aromatic rings. The highest BCUT2D eigenvalue weighted by atomic mass is 32.2. The highest BCUT2D eigenvalue weighted by Gasteiger charge is 2.24. The molecule has 1 unspecified atom stereocenters. The zero-order valence-electron chi connectivity index (χ0n) is 9.52. The molecule has 3 nitrogen and oxygen atoms in total. The number of rotatable bonds is 2. The average Bonchev–Trinajstić information content (AvgIpc) is 2.28. The highest BCUT2D eigenvalue weighted by molar-refractivity contribution is 8.00. The molecular weight excluding hydrogens is 241 g/mol. The molecule has 1 aromatic carbocycles. The van der Waals surface area contributed by atoms with Crippen LogP contribution in [0.4, 0.5) is 10.1 Å². The molecule has 1 heterocycles. The number of carboxylic acid groups (broad SMARTS) is 1. The number of carboxylic acids is 1. The molecule has 0 aromatic heterocycles. The maximum Gasteiger partial charge on any atom is 0.337 e. The van der Waals surface area contributed by atoms with Gasteiger partial charge in [-0.15, -0.1) is 0 Å². The summed E-state index contributed by atoms with van der Waals surface area (Å²) >= 11 is 1.83. The summed E-state index contributed by atoms with van der Waals surface area (Å²) in [5.74, 6) is -0.636. The van der Waals surface area contributed by atoms with Gasteiger partial charge in [0, 0.05) is 24.1 Å². The molecule has 17 heavy (non-hydrogen) atoms. The number of halogens is 1. The van der Waals surface area contributed by atoms with Crippen LogP contribution in [0.5, 0.6) is 0 Å². The van der Waals surface area contributed by atoms with Crippen LogP contribution in [0, 0.1) is 5.82 Å². The SMILES string of the molecule is CC1CN(c2c(F)cccc2C(=O)O)CCS1. The molecule has 1 atom stereocenters. The molecule has 1 aliphatic rings. The second-order valence-electron chi connectivity index (χ2n) is 4.07. The summed E-state index contributed by atoms with van der Waals surface area (Å²) in [4.78, 5) is 12.9. The molecule has 0 radical (unpaired) electrons. The lowest BCUT2D eigenvalue weighted by Crippen LogP contribution is -2.38. The molecule has 1 fully saturated rings. The lowest BCUT2D eigenvalue weighted by Gasteiger charge is -2.33. The fraction of sp³-hybridized carbons (Fsp3) is 0.417. The molecule has 0 saturated carbocycles. The number of thioether (sulfide) groups is 1.